The van der Waals surface area contributed by atoms with Gasteiger partial charge in [0, 0.05) is 12.5 Å². The lowest BCUT2D eigenvalue weighted by atomic mass is 9.74. The van der Waals surface area contributed by atoms with E-state index in [0.29, 0.717) is 0 Å². The van der Waals surface area contributed by atoms with Gasteiger partial charge in [-0.05, 0) is 24.6 Å². The van der Waals surface area contributed by atoms with Crippen LogP contribution in [0.2, 0.25) is 0 Å². The number of carbonyl (C=O) groups is 1. The molecule has 1 saturated heterocycles. The fourth-order valence-electron chi connectivity index (χ4n) is 2.64. The number of benzene rings is 1. The Kier molecular flexibility index (Phi) is 3.73. The van der Waals surface area contributed by atoms with Crippen molar-refractivity contribution in [2.24, 2.45) is 11.3 Å². The van der Waals surface area contributed by atoms with E-state index in [9.17, 15) is 22.4 Å². The van der Waals surface area contributed by atoms with Crippen LogP contribution >= 0.6 is 0 Å². The standard InChI is InChI=1S/C13H13F4NO2/c14-10-4-2-1-3-8(10)5-9-6-18-7-12(9,11(19)20)13(15,16)17/h1-4,9,18H,5-7H2,(H,19,20)/t9-,12-/m1/s1. The van der Waals surface area contributed by atoms with Crippen LogP contribution in [0.1, 0.15) is 5.56 Å². The lowest BCUT2D eigenvalue weighted by Crippen LogP contribution is -2.51. The second kappa shape index (κ2) is 5.05. The molecule has 0 bridgehead atoms. The summed E-state index contributed by atoms with van der Waals surface area (Å²) < 4.78 is 53.2. The van der Waals surface area contributed by atoms with Gasteiger partial charge in [-0.1, -0.05) is 18.2 Å². The van der Waals surface area contributed by atoms with Crippen molar-refractivity contribution in [1.29, 1.82) is 0 Å². The third kappa shape index (κ3) is 2.26. The Balaban J connectivity index is 2.35. The topological polar surface area (TPSA) is 49.3 Å². The van der Waals surface area contributed by atoms with E-state index >= 15 is 0 Å². The first-order valence-electron chi connectivity index (χ1n) is 6.03. The molecule has 0 spiro atoms. The molecule has 1 heterocycles. The van der Waals surface area contributed by atoms with Crippen molar-refractivity contribution < 1.29 is 27.5 Å². The largest absolute Gasteiger partial charge is 0.481 e. The first-order chi connectivity index (χ1) is 9.29. The summed E-state index contributed by atoms with van der Waals surface area (Å²) in [7, 11) is 0. The summed E-state index contributed by atoms with van der Waals surface area (Å²) in [6.45, 7) is -0.800. The lowest BCUT2D eigenvalue weighted by Gasteiger charge is -2.32. The van der Waals surface area contributed by atoms with E-state index in [1.165, 1.54) is 18.2 Å². The van der Waals surface area contributed by atoms with Gasteiger partial charge in [0.15, 0.2) is 5.41 Å². The maximum atomic E-state index is 13.5. The SMILES string of the molecule is O=C(O)[C@@]1(C(F)(F)F)CNC[C@H]1Cc1ccccc1F. The van der Waals surface area contributed by atoms with Gasteiger partial charge in [-0.15, -0.1) is 0 Å². The van der Waals surface area contributed by atoms with Gasteiger partial charge in [-0.25, -0.2) is 4.39 Å². The highest BCUT2D eigenvalue weighted by Crippen LogP contribution is 2.47. The highest BCUT2D eigenvalue weighted by atomic mass is 19.4. The van der Waals surface area contributed by atoms with Crippen LogP contribution in [0.15, 0.2) is 24.3 Å². The molecule has 0 radical (unpaired) electrons. The number of carboxylic acid groups (broad SMARTS) is 1. The van der Waals surface area contributed by atoms with Crippen molar-refractivity contribution in [2.75, 3.05) is 13.1 Å². The van der Waals surface area contributed by atoms with Gasteiger partial charge in [-0.2, -0.15) is 13.2 Å². The highest BCUT2D eigenvalue weighted by Gasteiger charge is 2.66. The van der Waals surface area contributed by atoms with Crippen LogP contribution in [-0.4, -0.2) is 30.3 Å². The van der Waals surface area contributed by atoms with Gasteiger partial charge >= 0.3 is 12.1 Å². The molecule has 3 nitrogen and oxygen atoms in total. The minimum absolute atomic E-state index is 0.0936. The summed E-state index contributed by atoms with van der Waals surface area (Å²) in [5.41, 5.74) is -2.77. The predicted molar refractivity (Wildman–Crippen MR) is 62.6 cm³/mol. The number of carboxylic acids is 1. The predicted octanol–water partition coefficient (Wildman–Crippen LogP) is 2.22. The normalized spacial score (nSPS) is 26.7. The van der Waals surface area contributed by atoms with Crippen LogP contribution in [0.5, 0.6) is 0 Å². The number of halogens is 4. The number of aliphatic carboxylic acids is 1. The quantitative estimate of drug-likeness (QED) is 0.840. The Morgan fingerprint density at radius 2 is 2.05 bits per heavy atom. The van der Waals surface area contributed by atoms with Crippen molar-refractivity contribution >= 4 is 5.97 Å². The van der Waals surface area contributed by atoms with Gasteiger partial charge in [0.05, 0.1) is 0 Å². The molecule has 0 aliphatic carbocycles. The molecular weight excluding hydrogens is 278 g/mol. The molecule has 1 aliphatic heterocycles. The Morgan fingerprint density at radius 3 is 2.60 bits per heavy atom. The summed E-state index contributed by atoms with van der Waals surface area (Å²) in [6, 6.07) is 5.46. The van der Waals surface area contributed by atoms with Crippen LogP contribution < -0.4 is 5.32 Å². The van der Waals surface area contributed by atoms with E-state index in [2.05, 4.69) is 5.32 Å². The zero-order valence-electron chi connectivity index (χ0n) is 10.4. The molecule has 2 rings (SSSR count). The van der Waals surface area contributed by atoms with Crippen molar-refractivity contribution in [1.82, 2.24) is 5.32 Å². The molecule has 0 saturated carbocycles. The van der Waals surface area contributed by atoms with E-state index in [4.69, 9.17) is 5.11 Å². The zero-order valence-corrected chi connectivity index (χ0v) is 10.4. The van der Waals surface area contributed by atoms with Gasteiger partial charge in [0.25, 0.3) is 0 Å². The Hall–Kier alpha value is -1.63. The lowest BCUT2D eigenvalue weighted by molar-refractivity contribution is -0.236. The summed E-state index contributed by atoms with van der Waals surface area (Å²) in [5.74, 6) is -3.78. The van der Waals surface area contributed by atoms with E-state index in [-0.39, 0.29) is 18.5 Å². The average molecular weight is 291 g/mol. The molecule has 2 atom stereocenters. The Morgan fingerprint density at radius 1 is 1.40 bits per heavy atom. The molecule has 2 N–H and O–H groups in total. The molecular formula is C13H13F4NO2. The summed E-state index contributed by atoms with van der Waals surface area (Å²) >= 11 is 0. The van der Waals surface area contributed by atoms with Gasteiger partial charge in [0.1, 0.15) is 5.82 Å². The fraction of sp³-hybridized carbons (Fsp3) is 0.462. The molecule has 0 aromatic heterocycles. The van der Waals surface area contributed by atoms with Crippen LogP contribution in [0, 0.1) is 17.2 Å². The number of nitrogens with one attached hydrogen (secondary N) is 1. The number of hydrogen-bond donors (Lipinski definition) is 2. The molecule has 0 amide bonds. The van der Waals surface area contributed by atoms with E-state index in [1.807, 2.05) is 0 Å². The smallest absolute Gasteiger partial charge is 0.406 e. The van der Waals surface area contributed by atoms with E-state index in [1.54, 1.807) is 0 Å². The maximum Gasteiger partial charge on any atom is 0.406 e. The molecule has 1 aliphatic rings. The summed E-state index contributed by atoms with van der Waals surface area (Å²) in [5, 5.41) is 11.5. The van der Waals surface area contributed by atoms with Crippen LogP contribution in [0.4, 0.5) is 17.6 Å². The maximum absolute atomic E-state index is 13.5. The van der Waals surface area contributed by atoms with Crippen LogP contribution in [-0.2, 0) is 11.2 Å². The molecule has 20 heavy (non-hydrogen) atoms. The first kappa shape index (κ1) is 14.8. The number of alkyl halides is 3. The monoisotopic (exact) mass is 291 g/mol. The summed E-state index contributed by atoms with van der Waals surface area (Å²) in [4.78, 5) is 11.2. The van der Waals surface area contributed by atoms with Gasteiger partial charge in [-0.3, -0.25) is 4.79 Å². The van der Waals surface area contributed by atoms with E-state index < -0.39 is 35.8 Å². The summed E-state index contributed by atoms with van der Waals surface area (Å²) in [6.07, 6.45) is -5.16. The molecule has 110 valence electrons. The zero-order chi connectivity index (χ0) is 15.0. The van der Waals surface area contributed by atoms with Crippen molar-refractivity contribution in [2.45, 2.75) is 12.6 Å². The minimum atomic E-state index is -4.89. The Bertz CT molecular complexity index is 517. The second-order valence-corrected chi connectivity index (χ2v) is 4.90. The van der Waals surface area contributed by atoms with Crippen LogP contribution in [0.3, 0.4) is 0 Å². The third-order valence-electron chi connectivity index (χ3n) is 3.80. The third-order valence-corrected chi connectivity index (χ3v) is 3.80. The number of hydrogen-bond acceptors (Lipinski definition) is 2. The van der Waals surface area contributed by atoms with Crippen LogP contribution in [0.25, 0.3) is 0 Å². The molecule has 0 unspecified atom stereocenters. The Labute approximate surface area is 112 Å². The highest BCUT2D eigenvalue weighted by molar-refractivity contribution is 5.77. The van der Waals surface area contributed by atoms with E-state index in [0.717, 1.165) is 6.07 Å². The molecule has 1 fully saturated rings. The minimum Gasteiger partial charge on any atom is -0.481 e. The van der Waals surface area contributed by atoms with Gasteiger partial charge in [0.2, 0.25) is 0 Å². The second-order valence-electron chi connectivity index (χ2n) is 4.90. The molecule has 1 aromatic rings. The molecule has 1 aromatic carbocycles. The fourth-order valence-corrected chi connectivity index (χ4v) is 2.64. The average Bonchev–Trinajstić information content (AvgIpc) is 2.76. The van der Waals surface area contributed by atoms with Crippen molar-refractivity contribution in [3.63, 3.8) is 0 Å². The number of rotatable bonds is 3. The van der Waals surface area contributed by atoms with Crippen molar-refractivity contribution in [3.8, 4) is 0 Å². The molecule has 7 heteroatoms. The first-order valence-corrected chi connectivity index (χ1v) is 6.03. The van der Waals surface area contributed by atoms with Crippen molar-refractivity contribution in [3.05, 3.63) is 35.6 Å². The van der Waals surface area contributed by atoms with Gasteiger partial charge < -0.3 is 10.4 Å².